The predicted octanol–water partition coefficient (Wildman–Crippen LogP) is 1.76. The lowest BCUT2D eigenvalue weighted by atomic mass is 10.1. The van der Waals surface area contributed by atoms with Crippen LogP contribution in [-0.2, 0) is 6.42 Å². The average molecular weight is 237 g/mol. The lowest BCUT2D eigenvalue weighted by Crippen LogP contribution is -1.91. The molecule has 0 amide bonds. The van der Waals surface area contributed by atoms with E-state index in [1.54, 1.807) is 12.4 Å². The number of fused-ring (bicyclic) bond motifs is 2. The normalized spacial score (nSPS) is 13.6. The quantitative estimate of drug-likeness (QED) is 0.700. The summed E-state index contributed by atoms with van der Waals surface area (Å²) in [5, 5.41) is 11.7. The molecule has 3 aromatic rings. The van der Waals surface area contributed by atoms with E-state index < -0.39 is 0 Å². The summed E-state index contributed by atoms with van der Waals surface area (Å²) in [6, 6.07) is 6.38. The van der Waals surface area contributed by atoms with Crippen molar-refractivity contribution in [3.63, 3.8) is 0 Å². The number of rotatable bonds is 1. The van der Waals surface area contributed by atoms with E-state index in [1.165, 1.54) is 11.3 Å². The fourth-order valence-corrected chi connectivity index (χ4v) is 2.39. The van der Waals surface area contributed by atoms with Gasteiger partial charge < -0.3 is 5.32 Å². The molecule has 0 atom stereocenters. The van der Waals surface area contributed by atoms with E-state index in [1.807, 2.05) is 10.6 Å². The molecule has 0 saturated heterocycles. The minimum absolute atomic E-state index is 0.770. The van der Waals surface area contributed by atoms with Gasteiger partial charge in [0.25, 0.3) is 0 Å². The Labute approximate surface area is 104 Å². The Balaban J connectivity index is 1.92. The van der Waals surface area contributed by atoms with E-state index in [0.29, 0.717) is 0 Å². The van der Waals surface area contributed by atoms with Crippen LogP contribution < -0.4 is 5.32 Å². The Morgan fingerprint density at radius 1 is 1.22 bits per heavy atom. The fraction of sp³-hybridized carbons (Fsp3) is 0.154. The van der Waals surface area contributed by atoms with Crippen molar-refractivity contribution in [1.82, 2.24) is 19.6 Å². The van der Waals surface area contributed by atoms with Gasteiger partial charge >= 0.3 is 0 Å². The Bertz CT molecular complexity index is 731. The second-order valence-electron chi connectivity index (χ2n) is 4.38. The van der Waals surface area contributed by atoms with Crippen molar-refractivity contribution in [2.45, 2.75) is 6.42 Å². The molecule has 5 nitrogen and oxygen atoms in total. The zero-order valence-electron chi connectivity index (χ0n) is 9.67. The van der Waals surface area contributed by atoms with Gasteiger partial charge in [0, 0.05) is 30.2 Å². The Morgan fingerprint density at radius 3 is 3.22 bits per heavy atom. The molecule has 3 heterocycles. The Kier molecular flexibility index (Phi) is 1.88. The lowest BCUT2D eigenvalue weighted by Gasteiger charge is -2.03. The van der Waals surface area contributed by atoms with Crippen molar-refractivity contribution in [1.29, 1.82) is 0 Å². The van der Waals surface area contributed by atoms with Crippen LogP contribution in [0, 0.1) is 0 Å². The summed E-state index contributed by atoms with van der Waals surface area (Å²) in [5.74, 6) is 0.863. The molecule has 0 fully saturated rings. The van der Waals surface area contributed by atoms with Crippen LogP contribution in [0.4, 0.5) is 5.69 Å². The largest absolute Gasteiger partial charge is 0.384 e. The van der Waals surface area contributed by atoms with Gasteiger partial charge in [-0.2, -0.15) is 0 Å². The van der Waals surface area contributed by atoms with Crippen molar-refractivity contribution >= 4 is 11.3 Å². The van der Waals surface area contributed by atoms with Crippen LogP contribution >= 0.6 is 0 Å². The third-order valence-corrected chi connectivity index (χ3v) is 3.29. The SMILES string of the molecule is c1cn2c(-c3ccc4c(c3)CCN4)nnc2cn1. The summed E-state index contributed by atoms with van der Waals surface area (Å²) in [6.45, 7) is 1.02. The van der Waals surface area contributed by atoms with Crippen molar-refractivity contribution in [3.05, 3.63) is 42.4 Å². The van der Waals surface area contributed by atoms with E-state index in [9.17, 15) is 0 Å². The molecule has 0 spiro atoms. The zero-order chi connectivity index (χ0) is 11.9. The van der Waals surface area contributed by atoms with Gasteiger partial charge in [-0.1, -0.05) is 0 Å². The van der Waals surface area contributed by atoms with E-state index >= 15 is 0 Å². The Morgan fingerprint density at radius 2 is 2.22 bits per heavy atom. The minimum atomic E-state index is 0.770. The van der Waals surface area contributed by atoms with Crippen LogP contribution in [0.5, 0.6) is 0 Å². The smallest absolute Gasteiger partial charge is 0.179 e. The molecular weight excluding hydrogens is 226 g/mol. The van der Waals surface area contributed by atoms with Crippen LogP contribution in [0.1, 0.15) is 5.56 Å². The third-order valence-electron chi connectivity index (χ3n) is 3.29. The van der Waals surface area contributed by atoms with Crippen LogP contribution in [0.2, 0.25) is 0 Å². The van der Waals surface area contributed by atoms with Gasteiger partial charge in [0.1, 0.15) is 0 Å². The van der Waals surface area contributed by atoms with Crippen molar-refractivity contribution in [2.24, 2.45) is 0 Å². The molecule has 5 heteroatoms. The number of anilines is 1. The second-order valence-corrected chi connectivity index (χ2v) is 4.38. The number of aromatic nitrogens is 4. The molecule has 1 N–H and O–H groups in total. The van der Waals surface area contributed by atoms with Crippen molar-refractivity contribution in [3.8, 4) is 11.4 Å². The number of hydrogen-bond acceptors (Lipinski definition) is 4. The first-order chi connectivity index (χ1) is 8.92. The van der Waals surface area contributed by atoms with Crippen molar-refractivity contribution in [2.75, 3.05) is 11.9 Å². The van der Waals surface area contributed by atoms with Gasteiger partial charge in [0.05, 0.1) is 6.20 Å². The van der Waals surface area contributed by atoms with Gasteiger partial charge in [0.15, 0.2) is 11.5 Å². The van der Waals surface area contributed by atoms with Crippen LogP contribution in [0.3, 0.4) is 0 Å². The van der Waals surface area contributed by atoms with Crippen LogP contribution in [0.25, 0.3) is 17.0 Å². The highest BCUT2D eigenvalue weighted by molar-refractivity contribution is 5.67. The molecule has 0 aliphatic carbocycles. The third kappa shape index (κ3) is 1.30. The molecule has 4 rings (SSSR count). The summed E-state index contributed by atoms with van der Waals surface area (Å²) in [4.78, 5) is 4.04. The topological polar surface area (TPSA) is 55.1 Å². The lowest BCUT2D eigenvalue weighted by molar-refractivity contribution is 1.09. The summed E-state index contributed by atoms with van der Waals surface area (Å²) < 4.78 is 1.96. The molecule has 0 bridgehead atoms. The zero-order valence-corrected chi connectivity index (χ0v) is 9.67. The molecule has 0 radical (unpaired) electrons. The first kappa shape index (κ1) is 9.58. The standard InChI is InChI=1S/C13H11N5/c1-2-11-9(3-4-15-11)7-10(1)13-17-16-12-8-14-5-6-18(12)13/h1-2,5-8,15H,3-4H2. The number of benzene rings is 1. The van der Waals surface area contributed by atoms with Crippen LogP contribution in [-0.4, -0.2) is 26.1 Å². The average Bonchev–Trinajstić information content (AvgIpc) is 3.04. The van der Waals surface area contributed by atoms with Crippen molar-refractivity contribution < 1.29 is 0 Å². The molecule has 2 aromatic heterocycles. The van der Waals surface area contributed by atoms with Crippen LogP contribution in [0.15, 0.2) is 36.8 Å². The maximum absolute atomic E-state index is 4.24. The van der Waals surface area contributed by atoms with Gasteiger partial charge in [-0.15, -0.1) is 10.2 Å². The number of nitrogens with zero attached hydrogens (tertiary/aromatic N) is 4. The monoisotopic (exact) mass is 237 g/mol. The summed E-state index contributed by atoms with van der Waals surface area (Å²) in [6.07, 6.45) is 6.41. The van der Waals surface area contributed by atoms with Gasteiger partial charge in [-0.05, 0) is 30.2 Å². The molecule has 0 saturated carbocycles. The summed E-state index contributed by atoms with van der Waals surface area (Å²) >= 11 is 0. The molecule has 1 aromatic carbocycles. The molecule has 18 heavy (non-hydrogen) atoms. The van der Waals surface area contributed by atoms with Gasteiger partial charge in [-0.25, -0.2) is 0 Å². The number of nitrogens with one attached hydrogen (secondary N) is 1. The number of hydrogen-bond donors (Lipinski definition) is 1. The van der Waals surface area contributed by atoms with Gasteiger partial charge in [0.2, 0.25) is 0 Å². The summed E-state index contributed by atoms with van der Waals surface area (Å²) in [5.41, 5.74) is 4.44. The first-order valence-corrected chi connectivity index (χ1v) is 5.94. The second kappa shape index (κ2) is 3.53. The maximum Gasteiger partial charge on any atom is 0.179 e. The highest BCUT2D eigenvalue weighted by atomic mass is 15.2. The maximum atomic E-state index is 4.24. The minimum Gasteiger partial charge on any atom is -0.384 e. The van der Waals surface area contributed by atoms with Gasteiger partial charge in [-0.3, -0.25) is 9.38 Å². The first-order valence-electron chi connectivity index (χ1n) is 5.94. The fourth-order valence-electron chi connectivity index (χ4n) is 2.39. The van der Waals surface area contributed by atoms with E-state index in [0.717, 1.165) is 30.0 Å². The molecule has 1 aliphatic heterocycles. The predicted molar refractivity (Wildman–Crippen MR) is 68.4 cm³/mol. The highest BCUT2D eigenvalue weighted by Gasteiger charge is 2.13. The van der Waals surface area contributed by atoms with E-state index in [4.69, 9.17) is 0 Å². The molecule has 88 valence electrons. The van der Waals surface area contributed by atoms with E-state index in [2.05, 4.69) is 38.7 Å². The summed E-state index contributed by atoms with van der Waals surface area (Å²) in [7, 11) is 0. The molecule has 0 unspecified atom stereocenters. The van der Waals surface area contributed by atoms with E-state index in [-0.39, 0.29) is 0 Å². The Hall–Kier alpha value is -2.43. The highest BCUT2D eigenvalue weighted by Crippen LogP contribution is 2.27. The molecular formula is C13H11N5. The molecule has 1 aliphatic rings.